The third-order valence-corrected chi connectivity index (χ3v) is 5.12. The summed E-state index contributed by atoms with van der Waals surface area (Å²) in [4.78, 5) is 26.1. The van der Waals surface area contributed by atoms with Gasteiger partial charge in [-0.25, -0.2) is 0 Å². The zero-order chi connectivity index (χ0) is 23.3. The number of rotatable bonds is 6. The van der Waals surface area contributed by atoms with Crippen LogP contribution in [0.5, 0.6) is 0 Å². The van der Waals surface area contributed by atoms with Crippen molar-refractivity contribution < 1.29 is 14.1 Å². The minimum Gasteiger partial charge on any atom is -0.356 e. The van der Waals surface area contributed by atoms with Crippen molar-refractivity contribution in [3.05, 3.63) is 95.7 Å². The molecular weight excluding hydrogens is 434 g/mol. The number of hydrazine groups is 1. The lowest BCUT2D eigenvalue weighted by Crippen LogP contribution is -2.42. The van der Waals surface area contributed by atoms with Crippen LogP contribution in [0, 0.1) is 0 Å². The van der Waals surface area contributed by atoms with E-state index in [0.29, 0.717) is 29.2 Å². The van der Waals surface area contributed by atoms with Crippen LogP contribution in [0.1, 0.15) is 21.6 Å². The predicted octanol–water partition coefficient (Wildman–Crippen LogP) is 2.53. The molecule has 0 saturated carbocycles. The Morgan fingerprint density at radius 1 is 0.882 bits per heavy atom. The minimum absolute atomic E-state index is 0.0217. The van der Waals surface area contributed by atoms with Gasteiger partial charge in [0.2, 0.25) is 11.7 Å². The molecule has 10 nitrogen and oxygen atoms in total. The van der Waals surface area contributed by atoms with Gasteiger partial charge in [-0.2, -0.15) is 4.80 Å². The van der Waals surface area contributed by atoms with Gasteiger partial charge in [0.05, 0.1) is 13.0 Å². The maximum atomic E-state index is 12.4. The Kier molecular flexibility index (Phi) is 5.76. The third kappa shape index (κ3) is 4.65. The van der Waals surface area contributed by atoms with E-state index in [0.717, 1.165) is 16.5 Å². The van der Waals surface area contributed by atoms with Crippen molar-refractivity contribution in [3.8, 4) is 11.4 Å². The lowest BCUT2D eigenvalue weighted by molar-refractivity contribution is -0.121. The summed E-state index contributed by atoms with van der Waals surface area (Å²) in [5, 5.41) is 17.2. The number of hydrogen-bond donors (Lipinski definition) is 2. The molecule has 10 heteroatoms. The minimum atomic E-state index is -0.435. The third-order valence-electron chi connectivity index (χ3n) is 5.12. The van der Waals surface area contributed by atoms with Crippen LogP contribution in [0.15, 0.2) is 83.4 Å². The molecule has 5 aromatic rings. The van der Waals surface area contributed by atoms with Crippen LogP contribution in [0.4, 0.5) is 0 Å². The highest BCUT2D eigenvalue weighted by atomic mass is 16.5. The van der Waals surface area contributed by atoms with Gasteiger partial charge >= 0.3 is 0 Å². The van der Waals surface area contributed by atoms with Crippen LogP contribution in [0.25, 0.3) is 22.4 Å². The van der Waals surface area contributed by atoms with E-state index in [4.69, 9.17) is 4.52 Å². The molecule has 0 fully saturated rings. The van der Waals surface area contributed by atoms with Crippen molar-refractivity contribution in [1.29, 1.82) is 0 Å². The summed E-state index contributed by atoms with van der Waals surface area (Å²) in [6, 6.07) is 23.8. The average Bonchev–Trinajstić information content (AvgIpc) is 3.51. The first kappa shape index (κ1) is 21.0. The summed E-state index contributed by atoms with van der Waals surface area (Å²) in [5.41, 5.74) is 8.11. The summed E-state index contributed by atoms with van der Waals surface area (Å²) < 4.78 is 5.19. The summed E-state index contributed by atoms with van der Waals surface area (Å²) >= 11 is 0. The highest BCUT2D eigenvalue weighted by Gasteiger charge is 2.13. The van der Waals surface area contributed by atoms with E-state index in [2.05, 4.69) is 31.4 Å². The molecule has 3 aromatic carbocycles. The van der Waals surface area contributed by atoms with E-state index in [9.17, 15) is 9.59 Å². The smallest absolute Gasteiger partial charge is 0.269 e. The van der Waals surface area contributed by atoms with Gasteiger partial charge in [0.1, 0.15) is 5.69 Å². The second-order valence-electron chi connectivity index (χ2n) is 7.51. The van der Waals surface area contributed by atoms with Gasteiger partial charge in [-0.1, -0.05) is 59.8 Å². The first-order chi connectivity index (χ1) is 16.7. The fraction of sp³-hybridized carbons (Fsp3) is 0.0833. The number of carbonyl (C=O) groups is 2. The molecule has 2 N–H and O–H groups in total. The fourth-order valence-electron chi connectivity index (χ4n) is 3.40. The number of nitrogens with one attached hydrogen (secondary N) is 2. The van der Waals surface area contributed by atoms with E-state index in [-0.39, 0.29) is 6.42 Å². The number of fused-ring (bicyclic) bond motifs is 1. The van der Waals surface area contributed by atoms with Crippen molar-refractivity contribution in [2.75, 3.05) is 0 Å². The molecule has 0 saturated heterocycles. The summed E-state index contributed by atoms with van der Waals surface area (Å²) in [6.45, 7) is 0.407. The van der Waals surface area contributed by atoms with Crippen molar-refractivity contribution in [1.82, 2.24) is 36.2 Å². The van der Waals surface area contributed by atoms with Crippen LogP contribution >= 0.6 is 0 Å². The molecule has 2 heterocycles. The Hall–Kier alpha value is -4.86. The highest BCUT2D eigenvalue weighted by molar-refractivity contribution is 5.95. The standard InChI is InChI=1S/C24H19N7O3/c32-22(14-20-19-8-4-5-9-21(19)34-29-20)25-27-24(33)18-12-10-16(11-13-18)15-31-28-23(26-30-31)17-6-2-1-3-7-17/h1-13H,14-15H2,(H,25,32)(H,27,33). The molecule has 0 aliphatic carbocycles. The van der Waals surface area contributed by atoms with Gasteiger partial charge in [0.25, 0.3) is 5.91 Å². The SMILES string of the molecule is O=C(Cc1noc2ccccc12)NNC(=O)c1ccc(Cn2nnc(-c3ccccc3)n2)cc1. The lowest BCUT2D eigenvalue weighted by Gasteiger charge is -2.07. The normalized spacial score (nSPS) is 10.8. The van der Waals surface area contributed by atoms with E-state index in [1.165, 1.54) is 4.80 Å². The first-order valence-corrected chi connectivity index (χ1v) is 10.5. The number of benzene rings is 3. The molecule has 0 radical (unpaired) electrons. The van der Waals surface area contributed by atoms with Crippen molar-refractivity contribution >= 4 is 22.8 Å². The highest BCUT2D eigenvalue weighted by Crippen LogP contribution is 2.18. The lowest BCUT2D eigenvalue weighted by atomic mass is 10.1. The van der Waals surface area contributed by atoms with Gasteiger partial charge in [0, 0.05) is 16.5 Å². The number of tetrazole rings is 1. The molecule has 0 atom stereocenters. The Labute approximate surface area is 193 Å². The molecule has 0 aliphatic rings. The molecule has 2 aromatic heterocycles. The summed E-state index contributed by atoms with van der Waals surface area (Å²) in [6.07, 6.45) is -0.0217. The first-order valence-electron chi connectivity index (χ1n) is 10.5. The molecule has 34 heavy (non-hydrogen) atoms. The van der Waals surface area contributed by atoms with Crippen molar-refractivity contribution in [3.63, 3.8) is 0 Å². The molecule has 0 aliphatic heterocycles. The topological polar surface area (TPSA) is 128 Å². The predicted molar refractivity (Wildman–Crippen MR) is 122 cm³/mol. The van der Waals surface area contributed by atoms with Crippen LogP contribution in [-0.4, -0.2) is 37.2 Å². The van der Waals surface area contributed by atoms with Crippen LogP contribution < -0.4 is 10.9 Å². The van der Waals surface area contributed by atoms with Gasteiger partial charge in [-0.05, 0) is 35.0 Å². The quantitative estimate of drug-likeness (QED) is 0.378. The Morgan fingerprint density at radius 2 is 1.65 bits per heavy atom. The van der Waals surface area contributed by atoms with Gasteiger partial charge in [-0.15, -0.1) is 10.2 Å². The van der Waals surface area contributed by atoms with Gasteiger partial charge < -0.3 is 4.52 Å². The summed E-state index contributed by atoms with van der Waals surface area (Å²) in [7, 11) is 0. The van der Waals surface area contributed by atoms with Crippen LogP contribution in [0.2, 0.25) is 0 Å². The molecule has 0 spiro atoms. The maximum Gasteiger partial charge on any atom is 0.269 e. The van der Waals surface area contributed by atoms with E-state index >= 15 is 0 Å². The van der Waals surface area contributed by atoms with E-state index in [1.54, 1.807) is 30.3 Å². The monoisotopic (exact) mass is 453 g/mol. The van der Waals surface area contributed by atoms with Gasteiger partial charge in [-0.3, -0.25) is 20.4 Å². The molecule has 168 valence electrons. The second kappa shape index (κ2) is 9.33. The number of carbonyl (C=O) groups excluding carboxylic acids is 2. The van der Waals surface area contributed by atoms with Gasteiger partial charge in [0.15, 0.2) is 5.58 Å². The number of aromatic nitrogens is 5. The number of hydrogen-bond acceptors (Lipinski definition) is 7. The molecule has 0 unspecified atom stereocenters. The second-order valence-corrected chi connectivity index (χ2v) is 7.51. The average molecular weight is 453 g/mol. The molecule has 5 rings (SSSR count). The molecule has 0 bridgehead atoms. The van der Waals surface area contributed by atoms with Crippen LogP contribution in [-0.2, 0) is 17.8 Å². The number of nitrogens with zero attached hydrogens (tertiary/aromatic N) is 5. The Bertz CT molecular complexity index is 1440. The van der Waals surface area contributed by atoms with Crippen LogP contribution in [0.3, 0.4) is 0 Å². The summed E-state index contributed by atoms with van der Waals surface area (Å²) in [5.74, 6) is -0.295. The van der Waals surface area contributed by atoms with E-state index < -0.39 is 11.8 Å². The largest absolute Gasteiger partial charge is 0.356 e. The zero-order valence-electron chi connectivity index (χ0n) is 17.9. The molecular formula is C24H19N7O3. The zero-order valence-corrected chi connectivity index (χ0v) is 17.9. The van der Waals surface area contributed by atoms with E-state index in [1.807, 2.05) is 48.5 Å². The molecule has 2 amide bonds. The number of amides is 2. The Morgan fingerprint density at radius 3 is 2.47 bits per heavy atom. The maximum absolute atomic E-state index is 12.4. The number of para-hydroxylation sites is 1. The Balaban J connectivity index is 1.15. The fourth-order valence-corrected chi connectivity index (χ4v) is 3.40. The van der Waals surface area contributed by atoms with Crippen molar-refractivity contribution in [2.24, 2.45) is 0 Å². The van der Waals surface area contributed by atoms with Crippen molar-refractivity contribution in [2.45, 2.75) is 13.0 Å².